The molecular weight excluding hydrogens is 422 g/mol. The molecule has 1 heterocycles. The molecule has 1 aliphatic heterocycles. The molecule has 0 saturated carbocycles. The normalized spacial score (nSPS) is 21.1. The number of ketones is 1. The smallest absolute Gasteiger partial charge is 0.240 e. The Kier molecular flexibility index (Phi) is 12.0. The molecule has 0 aromatic rings. The first-order chi connectivity index (χ1) is 15.4. The number of hydrogen-bond acceptors (Lipinski definition) is 6. The number of likely N-dealkylation sites (N-methyl/N-ethyl adjacent to an activating group) is 2. The van der Waals surface area contributed by atoms with E-state index < -0.39 is 6.10 Å². The average molecular weight is 470 g/mol. The highest BCUT2D eigenvalue weighted by Gasteiger charge is 2.41. The summed E-state index contributed by atoms with van der Waals surface area (Å²) in [5.74, 6) is -0.0224. The molecule has 0 aliphatic carbocycles. The van der Waals surface area contributed by atoms with Gasteiger partial charge in [0.2, 0.25) is 11.8 Å². The van der Waals surface area contributed by atoms with Crippen molar-refractivity contribution in [1.29, 1.82) is 0 Å². The van der Waals surface area contributed by atoms with Crippen LogP contribution in [0.4, 0.5) is 0 Å². The van der Waals surface area contributed by atoms with E-state index in [-0.39, 0.29) is 66.0 Å². The number of nitrogens with zero attached hydrogens (tertiary/aromatic N) is 2. The van der Waals surface area contributed by atoms with E-state index in [1.54, 1.807) is 40.1 Å². The molecule has 33 heavy (non-hydrogen) atoms. The van der Waals surface area contributed by atoms with E-state index in [0.29, 0.717) is 6.54 Å². The third kappa shape index (κ3) is 7.23. The van der Waals surface area contributed by atoms with Crippen LogP contribution in [-0.2, 0) is 23.9 Å². The molecule has 1 aliphatic rings. The van der Waals surface area contributed by atoms with Gasteiger partial charge in [0.05, 0.1) is 36.8 Å². The van der Waals surface area contributed by atoms with E-state index in [9.17, 15) is 14.4 Å². The Bertz CT molecular complexity index is 654. The Morgan fingerprint density at radius 3 is 2.09 bits per heavy atom. The molecule has 6 atom stereocenters. The summed E-state index contributed by atoms with van der Waals surface area (Å²) in [5, 5.41) is 3.11. The highest BCUT2D eigenvalue weighted by molar-refractivity contribution is 5.83. The molecule has 192 valence electrons. The quantitative estimate of drug-likeness (QED) is 0.446. The minimum atomic E-state index is -0.441. The molecule has 1 rings (SSSR count). The number of nitrogens with one attached hydrogen (secondary N) is 1. The predicted octanol–water partition coefficient (Wildman–Crippen LogP) is 2.35. The molecule has 0 bridgehead atoms. The van der Waals surface area contributed by atoms with Crippen LogP contribution in [0.25, 0.3) is 0 Å². The van der Waals surface area contributed by atoms with Crippen molar-refractivity contribution < 1.29 is 23.9 Å². The predicted molar refractivity (Wildman–Crippen MR) is 130 cm³/mol. The van der Waals surface area contributed by atoms with Gasteiger partial charge in [0, 0.05) is 33.7 Å². The molecule has 0 radical (unpaired) electrons. The van der Waals surface area contributed by atoms with Gasteiger partial charge in [-0.1, -0.05) is 34.6 Å². The van der Waals surface area contributed by atoms with Crippen molar-refractivity contribution in [3.05, 3.63) is 0 Å². The van der Waals surface area contributed by atoms with Crippen molar-refractivity contribution in [1.82, 2.24) is 15.1 Å². The molecule has 1 fully saturated rings. The van der Waals surface area contributed by atoms with Gasteiger partial charge in [-0.25, -0.2) is 0 Å². The van der Waals surface area contributed by atoms with Crippen LogP contribution in [0.15, 0.2) is 0 Å². The maximum atomic E-state index is 13.4. The van der Waals surface area contributed by atoms with Gasteiger partial charge < -0.3 is 24.6 Å². The molecule has 0 aromatic carbocycles. The molecule has 1 saturated heterocycles. The SMILES string of the molecule is CN[C@H](C(=O)N(C)[C@@H](C(C)C)[C@@H](CC(=O)N1CCC[C@H]1[C@H](OC)[C@@H](C)C(C)=O)OC)C(C)C. The summed E-state index contributed by atoms with van der Waals surface area (Å²) in [6.07, 6.45) is 1.09. The lowest BCUT2D eigenvalue weighted by atomic mass is 9.91. The second kappa shape index (κ2) is 13.4. The van der Waals surface area contributed by atoms with E-state index in [1.807, 2.05) is 39.5 Å². The maximum absolute atomic E-state index is 13.4. The lowest BCUT2D eigenvalue weighted by Gasteiger charge is -2.40. The zero-order chi connectivity index (χ0) is 25.5. The number of hydrogen-bond donors (Lipinski definition) is 1. The van der Waals surface area contributed by atoms with Gasteiger partial charge in [-0.15, -0.1) is 0 Å². The van der Waals surface area contributed by atoms with Crippen LogP contribution in [0.3, 0.4) is 0 Å². The van der Waals surface area contributed by atoms with Crippen molar-refractivity contribution in [3.8, 4) is 0 Å². The fourth-order valence-electron chi connectivity index (χ4n) is 5.24. The van der Waals surface area contributed by atoms with Crippen LogP contribution < -0.4 is 5.32 Å². The van der Waals surface area contributed by atoms with Crippen LogP contribution in [0.1, 0.15) is 60.8 Å². The molecule has 1 N–H and O–H groups in total. The molecule has 8 nitrogen and oxygen atoms in total. The van der Waals surface area contributed by atoms with Crippen LogP contribution >= 0.6 is 0 Å². The topological polar surface area (TPSA) is 88.2 Å². The largest absolute Gasteiger partial charge is 0.379 e. The Morgan fingerprint density at radius 1 is 1.06 bits per heavy atom. The summed E-state index contributed by atoms with van der Waals surface area (Å²) in [7, 11) is 6.79. The summed E-state index contributed by atoms with van der Waals surface area (Å²) >= 11 is 0. The van der Waals surface area contributed by atoms with Crippen molar-refractivity contribution in [2.24, 2.45) is 17.8 Å². The number of rotatable bonds is 13. The number of likely N-dealkylation sites (tertiary alicyclic amines) is 1. The van der Waals surface area contributed by atoms with Crippen LogP contribution in [0.5, 0.6) is 0 Å². The number of Topliss-reactive ketones (excluding diaryl/α,β-unsaturated/α-hetero) is 1. The first-order valence-electron chi connectivity index (χ1n) is 12.2. The second-order valence-electron chi connectivity index (χ2n) is 10.1. The van der Waals surface area contributed by atoms with Crippen molar-refractivity contribution >= 4 is 17.6 Å². The first kappa shape index (κ1) is 29.5. The lowest BCUT2D eigenvalue weighted by molar-refractivity contribution is -0.146. The van der Waals surface area contributed by atoms with Gasteiger partial charge in [-0.2, -0.15) is 0 Å². The molecule has 2 amide bonds. The number of carbonyl (C=O) groups is 3. The number of ether oxygens (including phenoxy) is 2. The maximum Gasteiger partial charge on any atom is 0.240 e. The van der Waals surface area contributed by atoms with E-state index in [1.165, 1.54) is 0 Å². The molecular formula is C25H47N3O5. The number of carbonyl (C=O) groups excluding carboxylic acids is 3. The zero-order valence-electron chi connectivity index (χ0n) is 22.4. The van der Waals surface area contributed by atoms with Crippen LogP contribution in [-0.4, -0.2) is 92.6 Å². The standard InChI is InChI=1S/C25H47N3O5/c1-15(2)22(26-7)25(31)27(8)23(16(3)4)20(32-9)14-21(30)28-13-11-12-19(28)24(33-10)17(5)18(6)29/h15-17,19-20,22-24,26H,11-14H2,1-10H3/t17-,19-,20+,22-,23-,24+/m0/s1. The molecule has 0 unspecified atom stereocenters. The van der Waals surface area contributed by atoms with E-state index in [4.69, 9.17) is 9.47 Å². The summed E-state index contributed by atoms with van der Waals surface area (Å²) in [6.45, 7) is 12.2. The zero-order valence-corrected chi connectivity index (χ0v) is 22.4. The van der Waals surface area contributed by atoms with E-state index in [0.717, 1.165) is 12.8 Å². The lowest BCUT2D eigenvalue weighted by Crippen LogP contribution is -2.56. The third-order valence-corrected chi connectivity index (χ3v) is 7.19. The van der Waals surface area contributed by atoms with Crippen LogP contribution in [0.2, 0.25) is 0 Å². The van der Waals surface area contributed by atoms with Gasteiger partial charge in [0.25, 0.3) is 0 Å². The van der Waals surface area contributed by atoms with Crippen LogP contribution in [0, 0.1) is 17.8 Å². The van der Waals surface area contributed by atoms with Gasteiger partial charge in [-0.05, 0) is 38.6 Å². The summed E-state index contributed by atoms with van der Waals surface area (Å²) in [5.41, 5.74) is 0. The summed E-state index contributed by atoms with van der Waals surface area (Å²) in [4.78, 5) is 42.2. The Morgan fingerprint density at radius 2 is 1.67 bits per heavy atom. The molecule has 8 heteroatoms. The van der Waals surface area contributed by atoms with E-state index >= 15 is 0 Å². The summed E-state index contributed by atoms with van der Waals surface area (Å²) in [6, 6.07) is -0.690. The second-order valence-corrected chi connectivity index (χ2v) is 10.1. The van der Waals surface area contributed by atoms with Gasteiger partial charge in [-0.3, -0.25) is 14.4 Å². The summed E-state index contributed by atoms with van der Waals surface area (Å²) < 4.78 is 11.5. The van der Waals surface area contributed by atoms with Gasteiger partial charge in [0.15, 0.2) is 0 Å². The monoisotopic (exact) mass is 469 g/mol. The minimum absolute atomic E-state index is 0.00511. The third-order valence-electron chi connectivity index (χ3n) is 7.19. The Hall–Kier alpha value is -1.51. The fraction of sp³-hybridized carbons (Fsp3) is 0.880. The number of methoxy groups -OCH3 is 2. The average Bonchev–Trinajstić information content (AvgIpc) is 3.22. The van der Waals surface area contributed by atoms with Crippen molar-refractivity contribution in [2.45, 2.75) is 91.1 Å². The highest BCUT2D eigenvalue weighted by Crippen LogP contribution is 2.29. The Labute approximate surface area is 200 Å². The minimum Gasteiger partial charge on any atom is -0.379 e. The molecule has 0 spiro atoms. The first-order valence-corrected chi connectivity index (χ1v) is 12.2. The number of amides is 2. The van der Waals surface area contributed by atoms with Crippen molar-refractivity contribution in [2.75, 3.05) is 34.9 Å². The Balaban J connectivity index is 3.08. The van der Waals surface area contributed by atoms with Gasteiger partial charge >= 0.3 is 0 Å². The molecule has 0 aromatic heterocycles. The van der Waals surface area contributed by atoms with Gasteiger partial charge in [0.1, 0.15) is 5.78 Å². The van der Waals surface area contributed by atoms with Crippen molar-refractivity contribution in [3.63, 3.8) is 0 Å². The highest BCUT2D eigenvalue weighted by atomic mass is 16.5. The fourth-order valence-corrected chi connectivity index (χ4v) is 5.24. The van der Waals surface area contributed by atoms with E-state index in [2.05, 4.69) is 5.32 Å².